The highest BCUT2D eigenvalue weighted by atomic mass is 32.2. The molecule has 0 bridgehead atoms. The first-order valence-corrected chi connectivity index (χ1v) is 8.05. The minimum Gasteiger partial charge on any atom is -0.347 e. The van der Waals surface area contributed by atoms with Gasteiger partial charge in [-0.25, -0.2) is 18.1 Å². The molecule has 0 amide bonds. The third-order valence-electron chi connectivity index (χ3n) is 2.71. The number of rotatable bonds is 5. The minimum absolute atomic E-state index is 0.281. The Labute approximate surface area is 116 Å². The number of sulfonamides is 1. The summed E-state index contributed by atoms with van der Waals surface area (Å²) in [6.07, 6.45) is 3.24. The van der Waals surface area contributed by atoms with Crippen LogP contribution < -0.4 is 10.5 Å². The molecular weight excluding hydrogens is 284 g/mol. The van der Waals surface area contributed by atoms with E-state index in [2.05, 4.69) is 14.7 Å². The molecule has 2 heterocycles. The second kappa shape index (κ2) is 5.41. The Morgan fingerprint density at radius 3 is 2.84 bits per heavy atom. The molecule has 0 radical (unpaired) electrons. The van der Waals surface area contributed by atoms with Crippen LogP contribution in [0, 0.1) is 6.92 Å². The minimum atomic E-state index is -3.54. The fourth-order valence-corrected chi connectivity index (χ4v) is 4.38. The summed E-state index contributed by atoms with van der Waals surface area (Å²) in [6, 6.07) is 1.23. The largest absolute Gasteiger partial charge is 0.347 e. The van der Waals surface area contributed by atoms with Crippen LogP contribution in [-0.4, -0.2) is 18.4 Å². The summed E-state index contributed by atoms with van der Waals surface area (Å²) in [5.41, 5.74) is 6.47. The number of hydrogen-bond donors (Lipinski definition) is 3. The van der Waals surface area contributed by atoms with Crippen LogP contribution in [0.25, 0.3) is 0 Å². The number of nitrogens with one attached hydrogen (secondary N) is 2. The Kier molecular flexibility index (Phi) is 4.04. The Bertz CT molecular complexity index is 646. The molecule has 104 valence electrons. The van der Waals surface area contributed by atoms with E-state index in [0.29, 0.717) is 12.4 Å². The summed E-state index contributed by atoms with van der Waals surface area (Å²) in [4.78, 5) is 7.80. The summed E-state index contributed by atoms with van der Waals surface area (Å²) in [5, 5.41) is 0. The highest BCUT2D eigenvalue weighted by molar-refractivity contribution is 7.91. The number of imidazole rings is 1. The molecule has 0 aliphatic carbocycles. The zero-order chi connectivity index (χ0) is 14.0. The molecule has 1 atom stereocenters. The van der Waals surface area contributed by atoms with Gasteiger partial charge < -0.3 is 10.7 Å². The standard InChI is InChI=1S/C11H16N4O2S2/c1-7-5-10(18-9(7)6-12)19(16,17)15-8(2)11-13-3-4-14-11/h3-5,8,15H,6,12H2,1-2H3,(H,13,14). The van der Waals surface area contributed by atoms with E-state index in [9.17, 15) is 8.42 Å². The first-order valence-electron chi connectivity index (χ1n) is 5.75. The Morgan fingerprint density at radius 2 is 2.32 bits per heavy atom. The molecule has 0 aliphatic rings. The van der Waals surface area contributed by atoms with Crippen molar-refractivity contribution in [1.29, 1.82) is 0 Å². The molecule has 2 aromatic rings. The van der Waals surface area contributed by atoms with E-state index in [0.717, 1.165) is 10.4 Å². The molecule has 8 heteroatoms. The van der Waals surface area contributed by atoms with Gasteiger partial charge in [0, 0.05) is 23.8 Å². The van der Waals surface area contributed by atoms with E-state index in [1.807, 2.05) is 6.92 Å². The molecular formula is C11H16N4O2S2. The summed E-state index contributed by atoms with van der Waals surface area (Å²) in [7, 11) is -3.54. The van der Waals surface area contributed by atoms with E-state index < -0.39 is 16.1 Å². The second-order valence-electron chi connectivity index (χ2n) is 4.19. The van der Waals surface area contributed by atoms with Gasteiger partial charge in [0.1, 0.15) is 10.0 Å². The predicted octanol–water partition coefficient (Wildman–Crippen LogP) is 1.28. The zero-order valence-electron chi connectivity index (χ0n) is 10.7. The van der Waals surface area contributed by atoms with E-state index in [-0.39, 0.29) is 4.21 Å². The van der Waals surface area contributed by atoms with Crippen molar-refractivity contribution >= 4 is 21.4 Å². The maximum atomic E-state index is 12.2. The van der Waals surface area contributed by atoms with Crippen molar-refractivity contribution in [3.8, 4) is 0 Å². The van der Waals surface area contributed by atoms with Gasteiger partial charge in [-0.1, -0.05) is 0 Å². The van der Waals surface area contributed by atoms with Crippen molar-refractivity contribution in [2.24, 2.45) is 5.73 Å². The second-order valence-corrected chi connectivity index (χ2v) is 7.27. The molecule has 6 nitrogen and oxygen atoms in total. The lowest BCUT2D eigenvalue weighted by Gasteiger charge is -2.10. The van der Waals surface area contributed by atoms with Crippen LogP contribution in [0.1, 0.15) is 29.2 Å². The molecule has 2 rings (SSSR count). The van der Waals surface area contributed by atoms with Crippen molar-refractivity contribution in [2.75, 3.05) is 0 Å². The SMILES string of the molecule is Cc1cc(S(=O)(=O)NC(C)c2ncc[nH]2)sc1CN. The van der Waals surface area contributed by atoms with Gasteiger partial charge in [0.2, 0.25) is 0 Å². The maximum absolute atomic E-state index is 12.2. The third kappa shape index (κ3) is 3.03. The van der Waals surface area contributed by atoms with Crippen molar-refractivity contribution in [2.45, 2.75) is 30.6 Å². The van der Waals surface area contributed by atoms with Gasteiger partial charge in [-0.15, -0.1) is 11.3 Å². The van der Waals surface area contributed by atoms with E-state index >= 15 is 0 Å². The average molecular weight is 300 g/mol. The molecule has 0 saturated carbocycles. The Balaban J connectivity index is 2.22. The molecule has 0 spiro atoms. The van der Waals surface area contributed by atoms with Crippen LogP contribution in [-0.2, 0) is 16.6 Å². The van der Waals surface area contributed by atoms with Gasteiger partial charge >= 0.3 is 0 Å². The van der Waals surface area contributed by atoms with Gasteiger partial charge in [0.25, 0.3) is 10.0 Å². The van der Waals surface area contributed by atoms with Crippen LogP contribution >= 0.6 is 11.3 Å². The number of H-pyrrole nitrogens is 1. The van der Waals surface area contributed by atoms with E-state index in [1.54, 1.807) is 25.4 Å². The highest BCUT2D eigenvalue weighted by Gasteiger charge is 2.22. The highest BCUT2D eigenvalue weighted by Crippen LogP contribution is 2.26. The molecule has 0 saturated heterocycles. The first-order chi connectivity index (χ1) is 8.94. The topological polar surface area (TPSA) is 101 Å². The van der Waals surface area contributed by atoms with Crippen molar-refractivity contribution in [3.63, 3.8) is 0 Å². The van der Waals surface area contributed by atoms with Crippen LogP contribution in [0.4, 0.5) is 0 Å². The van der Waals surface area contributed by atoms with Crippen molar-refractivity contribution in [3.05, 3.63) is 34.7 Å². The number of nitrogens with two attached hydrogens (primary N) is 1. The number of thiophene rings is 1. The molecule has 1 unspecified atom stereocenters. The number of nitrogens with zero attached hydrogens (tertiary/aromatic N) is 1. The summed E-state index contributed by atoms with van der Waals surface area (Å²) in [5.74, 6) is 0.580. The zero-order valence-corrected chi connectivity index (χ0v) is 12.3. The van der Waals surface area contributed by atoms with Crippen LogP contribution in [0.15, 0.2) is 22.7 Å². The lowest BCUT2D eigenvalue weighted by atomic mass is 10.3. The van der Waals surface area contributed by atoms with Gasteiger partial charge in [0.05, 0.1) is 6.04 Å². The molecule has 0 aliphatic heterocycles. The van der Waals surface area contributed by atoms with Crippen molar-refractivity contribution < 1.29 is 8.42 Å². The lowest BCUT2D eigenvalue weighted by molar-refractivity contribution is 0.563. The van der Waals surface area contributed by atoms with Crippen LogP contribution in [0.3, 0.4) is 0 Å². The normalized spacial score (nSPS) is 13.6. The third-order valence-corrected chi connectivity index (χ3v) is 5.98. The van der Waals surface area contributed by atoms with Gasteiger partial charge in [-0.05, 0) is 25.5 Å². The number of aromatic nitrogens is 2. The molecule has 0 fully saturated rings. The fraction of sp³-hybridized carbons (Fsp3) is 0.364. The Morgan fingerprint density at radius 1 is 1.58 bits per heavy atom. The summed E-state index contributed by atoms with van der Waals surface area (Å²) in [6.45, 7) is 3.94. The van der Waals surface area contributed by atoms with Crippen LogP contribution in [0.2, 0.25) is 0 Å². The van der Waals surface area contributed by atoms with Crippen molar-refractivity contribution in [1.82, 2.24) is 14.7 Å². The van der Waals surface area contributed by atoms with E-state index in [4.69, 9.17) is 5.73 Å². The number of aryl methyl sites for hydroxylation is 1. The Hall–Kier alpha value is -1.22. The number of aromatic amines is 1. The predicted molar refractivity (Wildman–Crippen MR) is 74.3 cm³/mol. The molecule has 0 aromatic carbocycles. The van der Waals surface area contributed by atoms with Crippen LogP contribution in [0.5, 0.6) is 0 Å². The monoisotopic (exact) mass is 300 g/mol. The van der Waals surface area contributed by atoms with Gasteiger partial charge in [-0.3, -0.25) is 0 Å². The summed E-state index contributed by atoms with van der Waals surface area (Å²) >= 11 is 1.20. The average Bonchev–Trinajstić information content (AvgIpc) is 2.96. The first kappa shape index (κ1) is 14.2. The summed E-state index contributed by atoms with van der Waals surface area (Å²) < 4.78 is 27.3. The quantitative estimate of drug-likeness (QED) is 0.774. The van der Waals surface area contributed by atoms with Gasteiger partial charge in [0.15, 0.2) is 0 Å². The maximum Gasteiger partial charge on any atom is 0.250 e. The molecule has 4 N–H and O–H groups in total. The lowest BCUT2D eigenvalue weighted by Crippen LogP contribution is -2.26. The smallest absolute Gasteiger partial charge is 0.250 e. The molecule has 19 heavy (non-hydrogen) atoms. The van der Waals surface area contributed by atoms with E-state index in [1.165, 1.54) is 11.3 Å². The van der Waals surface area contributed by atoms with Gasteiger partial charge in [-0.2, -0.15) is 0 Å². The number of hydrogen-bond acceptors (Lipinski definition) is 5. The fourth-order valence-electron chi connectivity index (χ4n) is 1.68. The molecule has 2 aromatic heterocycles.